The lowest BCUT2D eigenvalue weighted by Gasteiger charge is -2.32. The Balaban J connectivity index is 1.53. The summed E-state index contributed by atoms with van der Waals surface area (Å²) in [5.74, 6) is 0.0740. The van der Waals surface area contributed by atoms with Crippen LogP contribution in [-0.4, -0.2) is 79.7 Å². The minimum atomic E-state index is -1.18. The van der Waals surface area contributed by atoms with Gasteiger partial charge in [0.05, 0.1) is 11.2 Å². The number of hydrogen-bond donors (Lipinski definition) is 0. The molecule has 8 heteroatoms. The Labute approximate surface area is 214 Å². The number of hydrogen-bond acceptors (Lipinski definition) is 5. The molecule has 2 aromatic carbocycles. The Morgan fingerprint density at radius 3 is 2.53 bits per heavy atom. The van der Waals surface area contributed by atoms with Crippen molar-refractivity contribution in [2.24, 2.45) is 0 Å². The van der Waals surface area contributed by atoms with Crippen LogP contribution in [0.25, 0.3) is 23.1 Å². The minimum Gasteiger partial charge on any atom is -0.360 e. The Morgan fingerprint density at radius 1 is 1.03 bits per heavy atom. The van der Waals surface area contributed by atoms with Crippen LogP contribution >= 0.6 is 0 Å². The fourth-order valence-electron chi connectivity index (χ4n) is 4.18. The smallest absolute Gasteiger partial charge is 0.253 e. The Morgan fingerprint density at radius 2 is 1.81 bits per heavy atom. The van der Waals surface area contributed by atoms with Gasteiger partial charge in [-0.1, -0.05) is 43.9 Å². The van der Waals surface area contributed by atoms with Gasteiger partial charge in [0, 0.05) is 57.4 Å². The lowest BCUT2D eigenvalue weighted by molar-refractivity contribution is 0.0664. The third-order valence-corrected chi connectivity index (χ3v) is 8.21. The number of aldehydes is 1. The van der Waals surface area contributed by atoms with Crippen LogP contribution in [0.5, 0.6) is 0 Å². The van der Waals surface area contributed by atoms with E-state index in [-0.39, 0.29) is 5.91 Å². The van der Waals surface area contributed by atoms with Crippen LogP contribution in [0.1, 0.15) is 32.0 Å². The summed E-state index contributed by atoms with van der Waals surface area (Å²) in [5, 5.41) is 5.73. The van der Waals surface area contributed by atoms with Gasteiger partial charge >= 0.3 is 0 Å². The molecular weight excluding hydrogens is 468 g/mol. The van der Waals surface area contributed by atoms with Crippen molar-refractivity contribution in [3.8, 4) is 0 Å². The quantitative estimate of drug-likeness (QED) is 0.240. The predicted octanol–water partition coefficient (Wildman–Crippen LogP) is 4.72. The van der Waals surface area contributed by atoms with Crippen molar-refractivity contribution in [2.75, 3.05) is 39.8 Å². The summed E-state index contributed by atoms with van der Waals surface area (Å²) in [6.45, 7) is 11.3. The highest BCUT2D eigenvalue weighted by atomic mass is 28.3. The van der Waals surface area contributed by atoms with E-state index in [9.17, 15) is 9.59 Å². The van der Waals surface area contributed by atoms with Gasteiger partial charge in [0.25, 0.3) is 5.91 Å². The van der Waals surface area contributed by atoms with E-state index in [0.717, 1.165) is 60.7 Å². The second-order valence-electron chi connectivity index (χ2n) is 10.7. The van der Waals surface area contributed by atoms with Crippen molar-refractivity contribution in [3.05, 3.63) is 64.8 Å². The first kappa shape index (κ1) is 26.0. The van der Waals surface area contributed by atoms with E-state index < -0.39 is 8.07 Å². The first-order chi connectivity index (χ1) is 17.2. The maximum absolute atomic E-state index is 13.0. The van der Waals surface area contributed by atoms with E-state index in [0.29, 0.717) is 24.5 Å². The van der Waals surface area contributed by atoms with Gasteiger partial charge in [0.2, 0.25) is 0 Å². The normalized spacial score (nSPS) is 15.2. The molecule has 0 saturated carbocycles. The van der Waals surface area contributed by atoms with Crippen LogP contribution < -0.4 is 0 Å². The van der Waals surface area contributed by atoms with E-state index >= 15 is 0 Å². The maximum Gasteiger partial charge on any atom is 0.253 e. The van der Waals surface area contributed by atoms with Crippen LogP contribution in [0, 0.1) is 0 Å². The lowest BCUT2D eigenvalue weighted by Crippen LogP contribution is -2.47. The molecule has 1 saturated heterocycles. The molecule has 0 atom stereocenters. The van der Waals surface area contributed by atoms with Crippen molar-refractivity contribution >= 4 is 43.3 Å². The molecule has 0 N–H and O–H groups in total. The van der Waals surface area contributed by atoms with E-state index in [1.807, 2.05) is 58.1 Å². The molecule has 0 spiro atoms. The Hall–Kier alpha value is -3.07. The number of fused-ring (bicyclic) bond motifs is 1. The molecule has 3 aromatic rings. The SMILES string of the molecule is CN1CCN(C(=O)c2cccc(C=Cc3nn(COCC[Si](C)(C)C)c4cc(C=O)ccc34)c2)CC1. The number of carbonyl (C=O) groups is 2. The molecule has 1 fully saturated rings. The summed E-state index contributed by atoms with van der Waals surface area (Å²) in [7, 11) is 0.904. The molecule has 0 radical (unpaired) electrons. The zero-order chi connectivity index (χ0) is 25.7. The van der Waals surface area contributed by atoms with Crippen LogP contribution in [0.4, 0.5) is 0 Å². The van der Waals surface area contributed by atoms with Gasteiger partial charge in [-0.25, -0.2) is 4.68 Å². The third-order valence-electron chi connectivity index (χ3n) is 6.51. The topological polar surface area (TPSA) is 67.7 Å². The molecule has 36 heavy (non-hydrogen) atoms. The minimum absolute atomic E-state index is 0.0740. The lowest BCUT2D eigenvalue weighted by atomic mass is 10.1. The van der Waals surface area contributed by atoms with Gasteiger partial charge in [-0.3, -0.25) is 9.59 Å². The van der Waals surface area contributed by atoms with Crippen LogP contribution in [-0.2, 0) is 11.5 Å². The third kappa shape index (κ3) is 6.57. The molecule has 190 valence electrons. The molecule has 0 bridgehead atoms. The summed E-state index contributed by atoms with van der Waals surface area (Å²) in [5.41, 5.74) is 3.91. The molecule has 1 aliphatic rings. The first-order valence-electron chi connectivity index (χ1n) is 12.5. The van der Waals surface area contributed by atoms with E-state index in [2.05, 4.69) is 31.6 Å². The van der Waals surface area contributed by atoms with Gasteiger partial charge in [-0.2, -0.15) is 5.10 Å². The van der Waals surface area contributed by atoms with Crippen LogP contribution in [0.15, 0.2) is 42.5 Å². The largest absolute Gasteiger partial charge is 0.360 e. The maximum atomic E-state index is 13.0. The number of carbonyl (C=O) groups excluding carboxylic acids is 2. The Kier molecular flexibility index (Phi) is 8.18. The fourth-order valence-corrected chi connectivity index (χ4v) is 4.94. The van der Waals surface area contributed by atoms with Gasteiger partial charge in [0.15, 0.2) is 0 Å². The average Bonchev–Trinajstić information content (AvgIpc) is 3.21. The molecule has 4 rings (SSSR count). The predicted molar refractivity (Wildman–Crippen MR) is 148 cm³/mol. The molecule has 1 aliphatic heterocycles. The van der Waals surface area contributed by atoms with E-state index in [1.54, 1.807) is 6.07 Å². The number of aromatic nitrogens is 2. The summed E-state index contributed by atoms with van der Waals surface area (Å²) >= 11 is 0. The summed E-state index contributed by atoms with van der Waals surface area (Å²) < 4.78 is 7.76. The average molecular weight is 505 g/mol. The molecule has 0 aliphatic carbocycles. The van der Waals surface area contributed by atoms with Gasteiger partial charge in [-0.15, -0.1) is 0 Å². The number of amides is 1. The highest BCUT2D eigenvalue weighted by molar-refractivity contribution is 6.76. The summed E-state index contributed by atoms with van der Waals surface area (Å²) in [6, 6.07) is 14.4. The number of rotatable bonds is 9. The number of nitrogens with zero attached hydrogens (tertiary/aromatic N) is 4. The molecule has 1 aromatic heterocycles. The summed E-state index contributed by atoms with van der Waals surface area (Å²) in [6.07, 6.45) is 4.79. The highest BCUT2D eigenvalue weighted by Gasteiger charge is 2.20. The van der Waals surface area contributed by atoms with Crippen LogP contribution in [0.2, 0.25) is 25.7 Å². The molecule has 1 amide bonds. The molecule has 0 unspecified atom stereocenters. The Bertz CT molecular complexity index is 1250. The van der Waals surface area contributed by atoms with Gasteiger partial charge in [-0.05, 0) is 49.0 Å². The highest BCUT2D eigenvalue weighted by Crippen LogP contribution is 2.23. The van der Waals surface area contributed by atoms with Gasteiger partial charge < -0.3 is 14.5 Å². The van der Waals surface area contributed by atoms with Crippen molar-refractivity contribution in [2.45, 2.75) is 32.4 Å². The van der Waals surface area contributed by atoms with E-state index in [1.165, 1.54) is 0 Å². The molecule has 2 heterocycles. The zero-order valence-corrected chi connectivity index (χ0v) is 22.7. The van der Waals surface area contributed by atoms with Crippen molar-refractivity contribution < 1.29 is 14.3 Å². The van der Waals surface area contributed by atoms with Crippen molar-refractivity contribution in [3.63, 3.8) is 0 Å². The van der Waals surface area contributed by atoms with Crippen molar-refractivity contribution in [1.29, 1.82) is 0 Å². The number of piperazine rings is 1. The van der Waals surface area contributed by atoms with Gasteiger partial charge in [0.1, 0.15) is 13.0 Å². The monoisotopic (exact) mass is 504 g/mol. The first-order valence-corrected chi connectivity index (χ1v) is 16.2. The second kappa shape index (κ2) is 11.3. The number of ether oxygens (including phenoxy) is 1. The summed E-state index contributed by atoms with van der Waals surface area (Å²) in [4.78, 5) is 28.5. The number of benzene rings is 2. The zero-order valence-electron chi connectivity index (χ0n) is 21.7. The number of likely N-dealkylation sites (N-methyl/N-ethyl adjacent to an activating group) is 1. The van der Waals surface area contributed by atoms with E-state index in [4.69, 9.17) is 9.84 Å². The standard InChI is InChI=1S/C28H36N4O3Si/c1-30-12-14-31(15-13-30)28(34)24-7-5-6-22(18-24)9-11-26-25-10-8-23(20-33)19-27(25)32(29-26)21-35-16-17-36(2,3)4/h5-11,18-20H,12-17,21H2,1-4H3. The fraction of sp³-hybridized carbons (Fsp3) is 0.393. The molecular formula is C28H36N4O3Si. The van der Waals surface area contributed by atoms with Crippen LogP contribution in [0.3, 0.4) is 0 Å². The van der Waals surface area contributed by atoms with Crippen molar-refractivity contribution in [1.82, 2.24) is 19.6 Å². The molecule has 7 nitrogen and oxygen atoms in total. The second-order valence-corrected chi connectivity index (χ2v) is 16.3.